The van der Waals surface area contributed by atoms with Gasteiger partial charge in [-0.1, -0.05) is 5.92 Å². The predicted molar refractivity (Wildman–Crippen MR) is 68.4 cm³/mol. The molecule has 0 aromatic heterocycles. The molecule has 6 heteroatoms. The van der Waals surface area contributed by atoms with Crippen LogP contribution in [0, 0.1) is 12.3 Å². The topological polar surface area (TPSA) is 75.6 Å². The highest BCUT2D eigenvalue weighted by molar-refractivity contribution is 9.10. The number of rotatable bonds is 5. The van der Waals surface area contributed by atoms with Gasteiger partial charge in [-0.25, -0.2) is 4.79 Å². The number of hydrogen-bond donors (Lipinski definition) is 2. The first-order chi connectivity index (χ1) is 8.54. The van der Waals surface area contributed by atoms with E-state index in [1.54, 1.807) is 0 Å². The third-order valence-electron chi connectivity index (χ3n) is 1.92. The standard InChI is InChI=1S/C12H10BrNO4/c1-2-5-14-11(15)7-18-10-6-8(12(16)17)3-4-9(10)13/h1,3-4,6H,5,7H2,(H,14,15)(H,16,17). The van der Waals surface area contributed by atoms with Gasteiger partial charge in [-0.05, 0) is 34.1 Å². The Labute approximate surface area is 112 Å². The van der Waals surface area contributed by atoms with E-state index in [0.29, 0.717) is 4.47 Å². The van der Waals surface area contributed by atoms with Crippen molar-refractivity contribution in [1.82, 2.24) is 5.32 Å². The molecule has 2 N–H and O–H groups in total. The van der Waals surface area contributed by atoms with Gasteiger partial charge in [0.2, 0.25) is 0 Å². The highest BCUT2D eigenvalue weighted by atomic mass is 79.9. The van der Waals surface area contributed by atoms with Crippen LogP contribution in [0.4, 0.5) is 0 Å². The summed E-state index contributed by atoms with van der Waals surface area (Å²) in [5, 5.41) is 11.2. The van der Waals surface area contributed by atoms with Crippen molar-refractivity contribution in [1.29, 1.82) is 0 Å². The summed E-state index contributed by atoms with van der Waals surface area (Å²) in [5.74, 6) is 1.10. The summed E-state index contributed by atoms with van der Waals surface area (Å²) in [6.45, 7) is -0.109. The fourth-order valence-corrected chi connectivity index (χ4v) is 1.45. The molecule has 0 aliphatic rings. The number of amides is 1. The number of nitrogens with one attached hydrogen (secondary N) is 1. The Morgan fingerprint density at radius 3 is 2.83 bits per heavy atom. The van der Waals surface area contributed by atoms with Gasteiger partial charge < -0.3 is 15.2 Å². The minimum atomic E-state index is -1.07. The number of carbonyl (C=O) groups is 2. The van der Waals surface area contributed by atoms with Crippen LogP contribution in [-0.2, 0) is 4.79 Å². The van der Waals surface area contributed by atoms with E-state index in [4.69, 9.17) is 16.3 Å². The number of ether oxygens (including phenoxy) is 1. The first kappa shape index (κ1) is 14.1. The van der Waals surface area contributed by atoms with Crippen LogP contribution in [0.2, 0.25) is 0 Å². The Morgan fingerprint density at radius 2 is 2.22 bits per heavy atom. The van der Waals surface area contributed by atoms with Crippen molar-refractivity contribution >= 4 is 27.8 Å². The Morgan fingerprint density at radius 1 is 1.50 bits per heavy atom. The van der Waals surface area contributed by atoms with Gasteiger partial charge in [-0.15, -0.1) is 6.42 Å². The number of carboxylic acids is 1. The summed E-state index contributed by atoms with van der Waals surface area (Å²) in [6.07, 6.45) is 4.98. The van der Waals surface area contributed by atoms with Crippen LogP contribution in [0.5, 0.6) is 5.75 Å². The summed E-state index contributed by atoms with van der Waals surface area (Å²) in [5.41, 5.74) is 0.0808. The van der Waals surface area contributed by atoms with Crippen molar-refractivity contribution in [3.8, 4) is 18.1 Å². The van der Waals surface area contributed by atoms with Crippen molar-refractivity contribution in [3.05, 3.63) is 28.2 Å². The molecule has 0 aliphatic heterocycles. The van der Waals surface area contributed by atoms with Gasteiger partial charge in [0.25, 0.3) is 5.91 Å². The first-order valence-corrected chi connectivity index (χ1v) is 5.69. The zero-order valence-electron chi connectivity index (χ0n) is 9.27. The number of carboxylic acid groups (broad SMARTS) is 1. The molecule has 0 fully saturated rings. The van der Waals surface area contributed by atoms with E-state index >= 15 is 0 Å². The average Bonchev–Trinajstić information content (AvgIpc) is 2.35. The Hall–Kier alpha value is -2.00. The fourth-order valence-electron chi connectivity index (χ4n) is 1.09. The average molecular weight is 312 g/mol. The molecule has 0 saturated carbocycles. The van der Waals surface area contributed by atoms with E-state index in [1.165, 1.54) is 18.2 Å². The quantitative estimate of drug-likeness (QED) is 0.803. The van der Waals surface area contributed by atoms with E-state index < -0.39 is 5.97 Å². The first-order valence-electron chi connectivity index (χ1n) is 4.90. The molecule has 0 saturated heterocycles. The predicted octanol–water partition coefficient (Wildman–Crippen LogP) is 1.28. The van der Waals surface area contributed by atoms with Gasteiger partial charge in [0.05, 0.1) is 16.6 Å². The van der Waals surface area contributed by atoms with Crippen molar-refractivity contribution in [3.63, 3.8) is 0 Å². The Bertz CT molecular complexity index is 507. The number of halogens is 1. The van der Waals surface area contributed by atoms with Crippen LogP contribution < -0.4 is 10.1 Å². The summed E-state index contributed by atoms with van der Waals surface area (Å²) >= 11 is 3.20. The number of carbonyl (C=O) groups excluding carboxylic acids is 1. The number of hydrogen-bond acceptors (Lipinski definition) is 3. The molecule has 1 aromatic rings. The molecule has 18 heavy (non-hydrogen) atoms. The van der Waals surface area contributed by atoms with Crippen LogP contribution in [0.3, 0.4) is 0 Å². The molecule has 0 atom stereocenters. The van der Waals surface area contributed by atoms with Gasteiger partial charge in [0, 0.05) is 0 Å². The van der Waals surface area contributed by atoms with E-state index in [-0.39, 0.29) is 30.4 Å². The maximum Gasteiger partial charge on any atom is 0.335 e. The molecule has 0 heterocycles. The maximum atomic E-state index is 11.2. The van der Waals surface area contributed by atoms with Crippen LogP contribution in [0.25, 0.3) is 0 Å². The third-order valence-corrected chi connectivity index (χ3v) is 2.58. The fraction of sp³-hybridized carbons (Fsp3) is 0.167. The molecule has 0 unspecified atom stereocenters. The van der Waals surface area contributed by atoms with E-state index in [2.05, 4.69) is 27.2 Å². The summed E-state index contributed by atoms with van der Waals surface area (Å²) < 4.78 is 5.76. The molecule has 0 radical (unpaired) electrons. The second-order valence-corrected chi connectivity index (χ2v) is 4.07. The van der Waals surface area contributed by atoms with Crippen LogP contribution in [-0.4, -0.2) is 30.1 Å². The van der Waals surface area contributed by atoms with Gasteiger partial charge >= 0.3 is 5.97 Å². The van der Waals surface area contributed by atoms with Gasteiger partial charge in [0.15, 0.2) is 6.61 Å². The molecule has 0 bridgehead atoms. The van der Waals surface area contributed by atoms with Crippen LogP contribution in [0.1, 0.15) is 10.4 Å². The highest BCUT2D eigenvalue weighted by Gasteiger charge is 2.09. The second kappa shape index (κ2) is 6.67. The maximum absolute atomic E-state index is 11.2. The summed E-state index contributed by atoms with van der Waals surface area (Å²) in [4.78, 5) is 22.0. The molecule has 94 valence electrons. The van der Waals surface area contributed by atoms with Crippen LogP contribution in [0.15, 0.2) is 22.7 Å². The monoisotopic (exact) mass is 311 g/mol. The zero-order valence-corrected chi connectivity index (χ0v) is 10.9. The lowest BCUT2D eigenvalue weighted by Crippen LogP contribution is -2.29. The number of terminal acetylenes is 1. The largest absolute Gasteiger partial charge is 0.483 e. The molecular weight excluding hydrogens is 302 g/mol. The minimum absolute atomic E-state index is 0.0808. The lowest BCUT2D eigenvalue weighted by atomic mass is 10.2. The van der Waals surface area contributed by atoms with E-state index in [1.807, 2.05) is 0 Å². The van der Waals surface area contributed by atoms with Gasteiger partial charge in [-0.3, -0.25) is 4.79 Å². The highest BCUT2D eigenvalue weighted by Crippen LogP contribution is 2.26. The van der Waals surface area contributed by atoms with Gasteiger partial charge in [-0.2, -0.15) is 0 Å². The van der Waals surface area contributed by atoms with Crippen LogP contribution >= 0.6 is 15.9 Å². The second-order valence-electron chi connectivity index (χ2n) is 3.22. The minimum Gasteiger partial charge on any atom is -0.483 e. The summed E-state index contributed by atoms with van der Waals surface area (Å²) in [6, 6.07) is 4.30. The lowest BCUT2D eigenvalue weighted by molar-refractivity contribution is -0.122. The number of benzene rings is 1. The molecular formula is C12H10BrNO4. The van der Waals surface area contributed by atoms with Crippen molar-refractivity contribution in [2.45, 2.75) is 0 Å². The zero-order chi connectivity index (χ0) is 13.5. The van der Waals surface area contributed by atoms with Gasteiger partial charge in [0.1, 0.15) is 5.75 Å². The molecule has 1 amide bonds. The SMILES string of the molecule is C#CCNC(=O)COc1cc(C(=O)O)ccc1Br. The molecule has 1 aromatic carbocycles. The van der Waals surface area contributed by atoms with E-state index in [9.17, 15) is 9.59 Å². The van der Waals surface area contributed by atoms with Crippen molar-refractivity contribution in [2.24, 2.45) is 0 Å². The Balaban J connectivity index is 2.67. The number of aromatic carboxylic acids is 1. The van der Waals surface area contributed by atoms with Crippen molar-refractivity contribution < 1.29 is 19.4 Å². The molecule has 0 aliphatic carbocycles. The summed E-state index contributed by atoms with van der Waals surface area (Å²) in [7, 11) is 0. The molecule has 1 rings (SSSR count). The smallest absolute Gasteiger partial charge is 0.335 e. The Kier molecular flexibility index (Phi) is 5.21. The third kappa shape index (κ3) is 4.11. The van der Waals surface area contributed by atoms with Crippen molar-refractivity contribution in [2.75, 3.05) is 13.2 Å². The molecule has 5 nitrogen and oxygen atoms in total. The van der Waals surface area contributed by atoms with E-state index in [0.717, 1.165) is 0 Å². The lowest BCUT2D eigenvalue weighted by Gasteiger charge is -2.08. The molecule has 0 spiro atoms. The normalized spacial score (nSPS) is 9.33.